The molecule has 0 saturated heterocycles. The monoisotopic (exact) mass is 208 g/mol. The number of rotatable bonds is 4. The summed E-state index contributed by atoms with van der Waals surface area (Å²) in [6, 6.07) is 0. The molecule has 0 spiro atoms. The molecule has 0 heterocycles. The molecule has 0 aliphatic heterocycles. The lowest BCUT2D eigenvalue weighted by molar-refractivity contribution is -0.127. The lowest BCUT2D eigenvalue weighted by Crippen LogP contribution is -2.24. The topological polar surface area (TPSA) is 34.1 Å². The van der Waals surface area contributed by atoms with Gasteiger partial charge in [-0.15, -0.1) is 0 Å². The van der Waals surface area contributed by atoms with Crippen molar-refractivity contribution in [1.29, 1.82) is 0 Å². The van der Waals surface area contributed by atoms with Gasteiger partial charge in [0.25, 0.3) is 0 Å². The molecule has 0 aromatic carbocycles. The van der Waals surface area contributed by atoms with Crippen molar-refractivity contribution in [3.05, 3.63) is 11.6 Å². The van der Waals surface area contributed by atoms with E-state index in [1.54, 1.807) is 0 Å². The van der Waals surface area contributed by atoms with E-state index >= 15 is 0 Å². The third kappa shape index (κ3) is 2.55. The van der Waals surface area contributed by atoms with E-state index < -0.39 is 0 Å². The molecular weight excluding hydrogens is 188 g/mol. The number of allylic oxidation sites excluding steroid dienone is 2. The number of hydrogen-bond acceptors (Lipinski definition) is 2. The molecule has 1 aliphatic carbocycles. The van der Waals surface area contributed by atoms with Gasteiger partial charge in [-0.05, 0) is 12.8 Å². The van der Waals surface area contributed by atoms with Crippen molar-refractivity contribution in [2.45, 2.75) is 40.5 Å². The average Bonchev–Trinajstić information content (AvgIpc) is 2.63. The number of Topliss-reactive ketones (excluding diaryl/α,β-unsaturated/α-hetero) is 2. The van der Waals surface area contributed by atoms with E-state index in [9.17, 15) is 9.59 Å². The second-order valence-electron chi connectivity index (χ2n) is 4.87. The first-order valence-corrected chi connectivity index (χ1v) is 5.73. The highest BCUT2D eigenvalue weighted by atomic mass is 16.1. The molecule has 0 fully saturated rings. The lowest BCUT2D eigenvalue weighted by atomic mass is 9.85. The first-order chi connectivity index (χ1) is 6.95. The molecule has 0 bridgehead atoms. The van der Waals surface area contributed by atoms with E-state index in [0.717, 1.165) is 18.4 Å². The van der Waals surface area contributed by atoms with E-state index in [1.807, 2.05) is 33.8 Å². The van der Waals surface area contributed by atoms with Crippen molar-refractivity contribution in [2.75, 3.05) is 0 Å². The summed E-state index contributed by atoms with van der Waals surface area (Å²) in [6.45, 7) is 7.58. The Morgan fingerprint density at radius 2 is 1.80 bits per heavy atom. The maximum Gasteiger partial charge on any atom is 0.161 e. The standard InChI is InChI=1S/C13H20O2/c1-8(2)12(14)10-6-5-7-11(10)13(15)9(3)4/h6,8-9,11H,5,7H2,1-4H3. The van der Waals surface area contributed by atoms with Crippen LogP contribution in [0.3, 0.4) is 0 Å². The summed E-state index contributed by atoms with van der Waals surface area (Å²) in [5.41, 5.74) is 0.767. The van der Waals surface area contributed by atoms with Gasteiger partial charge < -0.3 is 0 Å². The van der Waals surface area contributed by atoms with Gasteiger partial charge in [0, 0.05) is 23.3 Å². The van der Waals surface area contributed by atoms with Gasteiger partial charge in [-0.2, -0.15) is 0 Å². The fourth-order valence-electron chi connectivity index (χ4n) is 2.01. The normalized spacial score (nSPS) is 20.9. The minimum absolute atomic E-state index is 0.00295. The lowest BCUT2D eigenvalue weighted by Gasteiger charge is -2.16. The van der Waals surface area contributed by atoms with Gasteiger partial charge in [-0.25, -0.2) is 0 Å². The molecule has 1 unspecified atom stereocenters. The molecule has 1 rings (SSSR count). The Bertz CT molecular complexity index is 298. The molecule has 0 aromatic heterocycles. The summed E-state index contributed by atoms with van der Waals surface area (Å²) < 4.78 is 0. The van der Waals surface area contributed by atoms with Crippen LogP contribution in [0.4, 0.5) is 0 Å². The first kappa shape index (κ1) is 12.2. The molecular formula is C13H20O2. The third-order valence-electron chi connectivity index (χ3n) is 2.92. The fraction of sp³-hybridized carbons (Fsp3) is 0.692. The predicted octanol–water partition coefficient (Wildman–Crippen LogP) is 2.77. The quantitative estimate of drug-likeness (QED) is 0.712. The Hall–Kier alpha value is -0.920. The van der Waals surface area contributed by atoms with Gasteiger partial charge >= 0.3 is 0 Å². The molecule has 84 valence electrons. The van der Waals surface area contributed by atoms with Gasteiger partial charge in [0.15, 0.2) is 5.78 Å². The van der Waals surface area contributed by atoms with E-state index in [0.29, 0.717) is 0 Å². The van der Waals surface area contributed by atoms with Crippen molar-refractivity contribution in [1.82, 2.24) is 0 Å². The molecule has 1 atom stereocenters. The number of carbonyl (C=O) groups is 2. The van der Waals surface area contributed by atoms with Crippen LogP contribution in [0.15, 0.2) is 11.6 Å². The Kier molecular flexibility index (Phi) is 3.83. The third-order valence-corrected chi connectivity index (χ3v) is 2.92. The molecule has 0 amide bonds. The van der Waals surface area contributed by atoms with Crippen LogP contribution in [0.25, 0.3) is 0 Å². The molecule has 2 nitrogen and oxygen atoms in total. The Morgan fingerprint density at radius 1 is 1.20 bits per heavy atom. The molecule has 0 saturated carbocycles. The zero-order valence-electron chi connectivity index (χ0n) is 10.0. The van der Waals surface area contributed by atoms with Gasteiger partial charge in [0.1, 0.15) is 5.78 Å². The maximum absolute atomic E-state index is 11.9. The summed E-state index contributed by atoms with van der Waals surface area (Å²) in [4.78, 5) is 23.8. The van der Waals surface area contributed by atoms with Gasteiger partial charge in [0.2, 0.25) is 0 Å². The summed E-state index contributed by atoms with van der Waals surface area (Å²) >= 11 is 0. The summed E-state index contributed by atoms with van der Waals surface area (Å²) in [7, 11) is 0. The largest absolute Gasteiger partial charge is 0.299 e. The highest BCUT2D eigenvalue weighted by Gasteiger charge is 2.32. The van der Waals surface area contributed by atoms with Crippen LogP contribution in [0, 0.1) is 17.8 Å². The Morgan fingerprint density at radius 3 is 2.27 bits per heavy atom. The Balaban J connectivity index is 2.82. The van der Waals surface area contributed by atoms with Crippen molar-refractivity contribution >= 4 is 11.6 Å². The van der Waals surface area contributed by atoms with Crippen LogP contribution in [-0.4, -0.2) is 11.6 Å². The van der Waals surface area contributed by atoms with Crippen molar-refractivity contribution in [3.63, 3.8) is 0 Å². The predicted molar refractivity (Wildman–Crippen MR) is 60.5 cm³/mol. The van der Waals surface area contributed by atoms with Crippen molar-refractivity contribution in [2.24, 2.45) is 17.8 Å². The molecule has 0 aromatic rings. The highest BCUT2D eigenvalue weighted by Crippen LogP contribution is 2.31. The van der Waals surface area contributed by atoms with E-state index in [4.69, 9.17) is 0 Å². The van der Waals surface area contributed by atoms with Crippen LogP contribution in [-0.2, 0) is 9.59 Å². The van der Waals surface area contributed by atoms with Crippen LogP contribution in [0.5, 0.6) is 0 Å². The van der Waals surface area contributed by atoms with Crippen LogP contribution in [0.2, 0.25) is 0 Å². The van der Waals surface area contributed by atoms with Crippen LogP contribution < -0.4 is 0 Å². The number of hydrogen-bond donors (Lipinski definition) is 0. The van der Waals surface area contributed by atoms with E-state index in [2.05, 4.69) is 0 Å². The minimum atomic E-state index is -0.125. The minimum Gasteiger partial charge on any atom is -0.299 e. The van der Waals surface area contributed by atoms with E-state index in [1.165, 1.54) is 0 Å². The maximum atomic E-state index is 11.9. The van der Waals surface area contributed by atoms with E-state index in [-0.39, 0.29) is 29.3 Å². The number of carbonyl (C=O) groups excluding carboxylic acids is 2. The number of ketones is 2. The molecule has 2 heteroatoms. The smallest absolute Gasteiger partial charge is 0.161 e. The average molecular weight is 208 g/mol. The summed E-state index contributed by atoms with van der Waals surface area (Å²) in [5, 5.41) is 0. The van der Waals surface area contributed by atoms with Gasteiger partial charge in [0.05, 0.1) is 0 Å². The second kappa shape index (κ2) is 4.73. The van der Waals surface area contributed by atoms with Crippen LogP contribution >= 0.6 is 0 Å². The zero-order valence-corrected chi connectivity index (χ0v) is 10.0. The first-order valence-electron chi connectivity index (χ1n) is 5.73. The van der Waals surface area contributed by atoms with Crippen molar-refractivity contribution in [3.8, 4) is 0 Å². The second-order valence-corrected chi connectivity index (χ2v) is 4.87. The highest BCUT2D eigenvalue weighted by molar-refractivity contribution is 6.03. The fourth-order valence-corrected chi connectivity index (χ4v) is 2.01. The SMILES string of the molecule is CC(C)C(=O)C1=CCCC1C(=O)C(C)C. The van der Waals surface area contributed by atoms with Crippen molar-refractivity contribution < 1.29 is 9.59 Å². The van der Waals surface area contributed by atoms with Gasteiger partial charge in [-0.3, -0.25) is 9.59 Å². The summed E-state index contributed by atoms with van der Waals surface area (Å²) in [6.07, 6.45) is 3.65. The summed E-state index contributed by atoms with van der Waals surface area (Å²) in [5.74, 6) is 0.257. The Labute approximate surface area is 91.7 Å². The molecule has 0 N–H and O–H groups in total. The van der Waals surface area contributed by atoms with Gasteiger partial charge in [-0.1, -0.05) is 33.8 Å². The molecule has 0 radical (unpaired) electrons. The zero-order chi connectivity index (χ0) is 11.6. The molecule has 15 heavy (non-hydrogen) atoms. The van der Waals surface area contributed by atoms with Crippen LogP contribution in [0.1, 0.15) is 40.5 Å². The molecule has 1 aliphatic rings.